The lowest BCUT2D eigenvalue weighted by molar-refractivity contribution is 0.0451. The van der Waals surface area contributed by atoms with Gasteiger partial charge >= 0.3 is 12.3 Å². The Balaban J connectivity index is 3.29. The lowest BCUT2D eigenvalue weighted by Crippen LogP contribution is -2.12. The molecule has 0 N–H and O–H groups in total. The maximum atomic E-state index is 10.9. The molecule has 118 valence electrons. The SMILES string of the molecule is CC(Cl)OC(=O)OCCCCCCOC(=O)OC(C)Cl. The summed E-state index contributed by atoms with van der Waals surface area (Å²) in [5.41, 5.74) is -1.40. The lowest BCUT2D eigenvalue weighted by atomic mass is 10.2. The van der Waals surface area contributed by atoms with Gasteiger partial charge in [0, 0.05) is 0 Å². The van der Waals surface area contributed by atoms with E-state index in [1.807, 2.05) is 0 Å². The standard InChI is InChI=1S/C12H20Cl2O6/c1-9(13)19-11(15)17-7-5-3-4-6-8-18-12(16)20-10(2)14/h9-10H,3-8H2,1-2H3. The van der Waals surface area contributed by atoms with Gasteiger partial charge in [0.1, 0.15) is 0 Å². The van der Waals surface area contributed by atoms with E-state index < -0.39 is 23.4 Å². The van der Waals surface area contributed by atoms with Gasteiger partial charge in [-0.05, 0) is 39.5 Å². The second kappa shape index (κ2) is 11.9. The van der Waals surface area contributed by atoms with E-state index in [2.05, 4.69) is 9.47 Å². The van der Waals surface area contributed by atoms with Crippen molar-refractivity contribution in [2.24, 2.45) is 0 Å². The molecule has 6 nitrogen and oxygen atoms in total. The van der Waals surface area contributed by atoms with Crippen LogP contribution in [0.5, 0.6) is 0 Å². The van der Waals surface area contributed by atoms with Crippen LogP contribution in [0.2, 0.25) is 0 Å². The Morgan fingerprint density at radius 3 is 1.45 bits per heavy atom. The summed E-state index contributed by atoms with van der Waals surface area (Å²) >= 11 is 10.9. The highest BCUT2D eigenvalue weighted by molar-refractivity contribution is 6.20. The fourth-order valence-corrected chi connectivity index (χ4v) is 1.35. The molecule has 0 radical (unpaired) electrons. The molecule has 0 aliphatic heterocycles. The summed E-state index contributed by atoms with van der Waals surface area (Å²) < 4.78 is 18.7. The van der Waals surface area contributed by atoms with Crippen molar-refractivity contribution in [3.8, 4) is 0 Å². The number of carbonyl (C=O) groups is 2. The van der Waals surface area contributed by atoms with E-state index >= 15 is 0 Å². The predicted octanol–water partition coefficient (Wildman–Crippen LogP) is 4.02. The minimum absolute atomic E-state index is 0.273. The first-order chi connectivity index (χ1) is 9.41. The first kappa shape index (κ1) is 19.1. The second-order valence-corrected chi connectivity index (χ2v) is 5.16. The minimum atomic E-state index is -0.770. The highest BCUT2D eigenvalue weighted by Crippen LogP contribution is 2.04. The zero-order chi connectivity index (χ0) is 15.4. The van der Waals surface area contributed by atoms with E-state index in [1.54, 1.807) is 0 Å². The predicted molar refractivity (Wildman–Crippen MR) is 74.0 cm³/mol. The van der Waals surface area contributed by atoms with Gasteiger partial charge in [0.25, 0.3) is 0 Å². The van der Waals surface area contributed by atoms with Gasteiger partial charge in [-0.15, -0.1) is 0 Å². The highest BCUT2D eigenvalue weighted by atomic mass is 35.5. The zero-order valence-corrected chi connectivity index (χ0v) is 13.1. The first-order valence-corrected chi connectivity index (χ1v) is 7.24. The monoisotopic (exact) mass is 330 g/mol. The molecule has 8 heteroatoms. The molecule has 0 aromatic heterocycles. The summed E-state index contributed by atoms with van der Waals surface area (Å²) in [7, 11) is 0. The first-order valence-electron chi connectivity index (χ1n) is 6.36. The molecule has 2 unspecified atom stereocenters. The Kier molecular flexibility index (Phi) is 11.4. The molecule has 20 heavy (non-hydrogen) atoms. The largest absolute Gasteiger partial charge is 0.509 e. The molecule has 0 heterocycles. The second-order valence-electron chi connectivity index (χ2n) is 3.93. The number of unbranched alkanes of at least 4 members (excludes halogenated alkanes) is 3. The van der Waals surface area contributed by atoms with Gasteiger partial charge in [-0.2, -0.15) is 0 Å². The van der Waals surface area contributed by atoms with Crippen LogP contribution in [-0.4, -0.2) is 36.7 Å². The molecular weight excluding hydrogens is 311 g/mol. The molecule has 0 saturated carbocycles. The maximum Gasteiger partial charge on any atom is 0.509 e. The van der Waals surface area contributed by atoms with Crippen LogP contribution in [0.3, 0.4) is 0 Å². The third-order valence-corrected chi connectivity index (χ3v) is 2.17. The van der Waals surface area contributed by atoms with Crippen LogP contribution >= 0.6 is 23.2 Å². The molecular formula is C12H20Cl2O6. The topological polar surface area (TPSA) is 71.1 Å². The van der Waals surface area contributed by atoms with Crippen molar-refractivity contribution in [1.82, 2.24) is 0 Å². The summed E-state index contributed by atoms with van der Waals surface area (Å²) in [6.07, 6.45) is 1.55. The number of rotatable bonds is 9. The van der Waals surface area contributed by atoms with Crippen LogP contribution in [0.4, 0.5) is 9.59 Å². The number of halogens is 2. The summed E-state index contributed by atoms with van der Waals surface area (Å²) in [4.78, 5) is 21.9. The molecule has 0 fully saturated rings. The number of hydrogen-bond acceptors (Lipinski definition) is 6. The molecule has 0 aliphatic rings. The average molecular weight is 331 g/mol. The van der Waals surface area contributed by atoms with Crippen molar-refractivity contribution in [1.29, 1.82) is 0 Å². The van der Waals surface area contributed by atoms with Gasteiger partial charge in [-0.3, -0.25) is 0 Å². The van der Waals surface area contributed by atoms with Crippen molar-refractivity contribution < 1.29 is 28.5 Å². The Bertz CT molecular complexity index is 255. The van der Waals surface area contributed by atoms with Gasteiger partial charge < -0.3 is 18.9 Å². The normalized spacial score (nSPS) is 13.2. The smallest absolute Gasteiger partial charge is 0.434 e. The quantitative estimate of drug-likeness (QED) is 0.361. The van der Waals surface area contributed by atoms with Crippen molar-refractivity contribution in [3.05, 3.63) is 0 Å². The van der Waals surface area contributed by atoms with Gasteiger partial charge in [0.05, 0.1) is 13.2 Å². The molecule has 0 aliphatic carbocycles. The summed E-state index contributed by atoms with van der Waals surface area (Å²) in [6, 6.07) is 0. The average Bonchev–Trinajstić information content (AvgIpc) is 2.30. The summed E-state index contributed by atoms with van der Waals surface area (Å²) in [6.45, 7) is 3.60. The van der Waals surface area contributed by atoms with Gasteiger partial charge in [-0.1, -0.05) is 23.2 Å². The maximum absolute atomic E-state index is 10.9. The fourth-order valence-electron chi connectivity index (χ4n) is 1.20. The third-order valence-electron chi connectivity index (χ3n) is 2.00. The molecule has 2 atom stereocenters. The van der Waals surface area contributed by atoms with E-state index in [9.17, 15) is 9.59 Å². The molecule has 0 rings (SSSR count). The summed E-state index contributed by atoms with van der Waals surface area (Å²) in [5, 5.41) is 0. The van der Waals surface area contributed by atoms with Crippen LogP contribution in [0.15, 0.2) is 0 Å². The van der Waals surface area contributed by atoms with Crippen molar-refractivity contribution >= 4 is 35.5 Å². The number of alkyl halides is 2. The van der Waals surface area contributed by atoms with Crippen molar-refractivity contribution in [3.63, 3.8) is 0 Å². The molecule has 0 bridgehead atoms. The molecule has 0 saturated heterocycles. The van der Waals surface area contributed by atoms with Crippen LogP contribution < -0.4 is 0 Å². The Morgan fingerprint density at radius 2 is 1.15 bits per heavy atom. The van der Waals surface area contributed by atoms with Crippen molar-refractivity contribution in [2.75, 3.05) is 13.2 Å². The third kappa shape index (κ3) is 13.5. The molecule has 0 aromatic rings. The fraction of sp³-hybridized carbons (Fsp3) is 0.833. The highest BCUT2D eigenvalue weighted by Gasteiger charge is 2.08. The van der Waals surface area contributed by atoms with E-state index in [-0.39, 0.29) is 13.2 Å². The minimum Gasteiger partial charge on any atom is -0.434 e. The lowest BCUT2D eigenvalue weighted by Gasteiger charge is -2.08. The van der Waals surface area contributed by atoms with Crippen LogP contribution in [-0.2, 0) is 18.9 Å². The zero-order valence-electron chi connectivity index (χ0n) is 11.6. The van der Waals surface area contributed by atoms with Gasteiger partial charge in [0.15, 0.2) is 11.1 Å². The van der Waals surface area contributed by atoms with Gasteiger partial charge in [0.2, 0.25) is 0 Å². The number of ether oxygens (including phenoxy) is 4. The van der Waals surface area contributed by atoms with Gasteiger partial charge in [-0.25, -0.2) is 9.59 Å². The Labute approximate surface area is 128 Å². The summed E-state index contributed by atoms with van der Waals surface area (Å²) in [5.74, 6) is 0. The van der Waals surface area contributed by atoms with E-state index in [1.165, 1.54) is 13.8 Å². The Hall–Kier alpha value is -0.880. The van der Waals surface area contributed by atoms with E-state index in [0.29, 0.717) is 12.8 Å². The van der Waals surface area contributed by atoms with Crippen molar-refractivity contribution in [2.45, 2.75) is 50.7 Å². The van der Waals surface area contributed by atoms with E-state index in [0.717, 1.165) is 12.8 Å². The molecule has 0 spiro atoms. The Morgan fingerprint density at radius 1 is 0.800 bits per heavy atom. The number of carbonyl (C=O) groups excluding carboxylic acids is 2. The van der Waals surface area contributed by atoms with E-state index in [4.69, 9.17) is 32.7 Å². The molecule has 0 amide bonds. The van der Waals surface area contributed by atoms with Crippen LogP contribution in [0, 0.1) is 0 Å². The van der Waals surface area contributed by atoms with Crippen LogP contribution in [0.25, 0.3) is 0 Å². The van der Waals surface area contributed by atoms with Crippen LogP contribution in [0.1, 0.15) is 39.5 Å². The number of hydrogen-bond donors (Lipinski definition) is 0. The molecule has 0 aromatic carbocycles.